The van der Waals surface area contributed by atoms with Gasteiger partial charge in [0, 0.05) is 0 Å². The van der Waals surface area contributed by atoms with Gasteiger partial charge in [-0.2, -0.15) is 11.8 Å². The van der Waals surface area contributed by atoms with Crippen LogP contribution in [-0.4, -0.2) is 64.6 Å². The number of nitrogens with one attached hydrogen (secondary N) is 1. The monoisotopic (exact) mass is 252 g/mol. The zero-order valence-corrected chi connectivity index (χ0v) is 10.2. The van der Waals surface area contributed by atoms with E-state index in [0.717, 1.165) is 5.75 Å². The van der Waals surface area contributed by atoms with Gasteiger partial charge in [0.05, 0.1) is 25.9 Å². The molecule has 1 amide bonds. The van der Waals surface area contributed by atoms with Crippen molar-refractivity contribution in [3.8, 4) is 0 Å². The number of thioether (sulfide) groups is 1. The molecule has 0 aromatic rings. The maximum Gasteiger partial charge on any atom is 0.237 e. The Morgan fingerprint density at radius 2 is 1.88 bits per heavy atom. The van der Waals surface area contributed by atoms with E-state index in [9.17, 15) is 4.79 Å². The Morgan fingerprint density at radius 1 is 1.38 bits per heavy atom. The van der Waals surface area contributed by atoms with Gasteiger partial charge in [-0.05, 0) is 18.4 Å². The number of hydrogen-bond donors (Lipinski definition) is 5. The number of hydrogen-bond acceptors (Lipinski definition) is 6. The highest BCUT2D eigenvalue weighted by Crippen LogP contribution is 2.04. The number of amides is 1. The van der Waals surface area contributed by atoms with Crippen LogP contribution in [-0.2, 0) is 4.79 Å². The summed E-state index contributed by atoms with van der Waals surface area (Å²) in [7, 11) is 0. The predicted octanol–water partition coefficient (Wildman–Crippen LogP) is -2.10. The van der Waals surface area contributed by atoms with E-state index in [1.807, 2.05) is 6.26 Å². The van der Waals surface area contributed by atoms with E-state index in [1.54, 1.807) is 11.8 Å². The largest absolute Gasteiger partial charge is 0.394 e. The first-order valence-electron chi connectivity index (χ1n) is 4.94. The summed E-state index contributed by atoms with van der Waals surface area (Å²) in [6, 6.07) is -0.698. The molecule has 0 aromatic heterocycles. The van der Waals surface area contributed by atoms with Crippen molar-refractivity contribution in [1.29, 1.82) is 0 Å². The maximum atomic E-state index is 11.6. The van der Waals surface area contributed by atoms with Crippen LogP contribution < -0.4 is 11.1 Å². The first kappa shape index (κ1) is 15.7. The van der Waals surface area contributed by atoms with Gasteiger partial charge in [-0.25, -0.2) is 0 Å². The molecule has 6 nitrogen and oxygen atoms in total. The third-order valence-corrected chi connectivity index (χ3v) is 2.91. The van der Waals surface area contributed by atoms with Gasteiger partial charge < -0.3 is 26.4 Å². The quantitative estimate of drug-likeness (QED) is 0.338. The normalized spacial score (nSPS) is 13.6. The average molecular weight is 252 g/mol. The molecule has 7 heteroatoms. The Kier molecular flexibility index (Phi) is 7.69. The SMILES string of the molecule is CSCC[C@@H](N)C(=O)NC(CO)(CO)CO. The molecule has 16 heavy (non-hydrogen) atoms. The summed E-state index contributed by atoms with van der Waals surface area (Å²) >= 11 is 1.57. The second-order valence-corrected chi connectivity index (χ2v) is 4.62. The van der Waals surface area contributed by atoms with Gasteiger partial charge >= 0.3 is 0 Å². The maximum absolute atomic E-state index is 11.6. The van der Waals surface area contributed by atoms with Gasteiger partial charge in [-0.1, -0.05) is 0 Å². The minimum atomic E-state index is -1.39. The molecular weight excluding hydrogens is 232 g/mol. The molecule has 0 spiro atoms. The van der Waals surface area contributed by atoms with E-state index < -0.39 is 37.3 Å². The second kappa shape index (κ2) is 7.86. The van der Waals surface area contributed by atoms with Crippen LogP contribution in [0, 0.1) is 0 Å². The van der Waals surface area contributed by atoms with E-state index in [-0.39, 0.29) is 0 Å². The van der Waals surface area contributed by atoms with E-state index in [0.29, 0.717) is 6.42 Å². The predicted molar refractivity (Wildman–Crippen MR) is 63.1 cm³/mol. The van der Waals surface area contributed by atoms with Crippen molar-refractivity contribution in [2.45, 2.75) is 18.0 Å². The Balaban J connectivity index is 4.28. The fourth-order valence-corrected chi connectivity index (χ4v) is 1.49. The standard InChI is InChI=1S/C9H20N2O4S/c1-16-3-2-7(10)8(15)11-9(4-12,5-13)6-14/h7,12-14H,2-6,10H2,1H3,(H,11,15)/t7-/m1/s1. The summed E-state index contributed by atoms with van der Waals surface area (Å²) in [5.74, 6) is 0.269. The number of rotatable bonds is 8. The van der Waals surface area contributed by atoms with Gasteiger partial charge in [0.1, 0.15) is 5.54 Å². The van der Waals surface area contributed by atoms with Crippen LogP contribution in [0.15, 0.2) is 0 Å². The van der Waals surface area contributed by atoms with Gasteiger partial charge in [-0.3, -0.25) is 4.79 Å². The van der Waals surface area contributed by atoms with Crippen LogP contribution in [0.4, 0.5) is 0 Å². The highest BCUT2D eigenvalue weighted by Gasteiger charge is 2.31. The molecule has 0 rings (SSSR count). The summed E-state index contributed by atoms with van der Waals surface area (Å²) in [6.45, 7) is -1.62. The highest BCUT2D eigenvalue weighted by atomic mass is 32.2. The van der Waals surface area contributed by atoms with E-state index >= 15 is 0 Å². The zero-order valence-electron chi connectivity index (χ0n) is 9.35. The lowest BCUT2D eigenvalue weighted by atomic mass is 10.0. The second-order valence-electron chi connectivity index (χ2n) is 3.63. The van der Waals surface area contributed by atoms with Crippen molar-refractivity contribution in [3.63, 3.8) is 0 Å². The van der Waals surface area contributed by atoms with E-state index in [1.165, 1.54) is 0 Å². The van der Waals surface area contributed by atoms with Crippen LogP contribution >= 0.6 is 11.8 Å². The lowest BCUT2D eigenvalue weighted by Gasteiger charge is -2.29. The van der Waals surface area contributed by atoms with Gasteiger partial charge in [0.25, 0.3) is 0 Å². The Bertz CT molecular complexity index is 203. The number of carbonyl (C=O) groups is 1. The molecule has 0 aromatic carbocycles. The van der Waals surface area contributed by atoms with Crippen molar-refractivity contribution in [3.05, 3.63) is 0 Å². The molecule has 0 aliphatic carbocycles. The van der Waals surface area contributed by atoms with Gasteiger partial charge in [0.2, 0.25) is 5.91 Å². The van der Waals surface area contributed by atoms with E-state index in [4.69, 9.17) is 21.1 Å². The highest BCUT2D eigenvalue weighted by molar-refractivity contribution is 7.98. The van der Waals surface area contributed by atoms with Crippen molar-refractivity contribution in [2.24, 2.45) is 5.73 Å². The molecule has 0 unspecified atom stereocenters. The molecular formula is C9H20N2O4S. The Morgan fingerprint density at radius 3 is 2.25 bits per heavy atom. The average Bonchev–Trinajstić information content (AvgIpc) is 2.32. The molecule has 0 saturated carbocycles. The molecule has 0 heterocycles. The molecule has 0 bridgehead atoms. The molecule has 0 aliphatic heterocycles. The summed E-state index contributed by atoms with van der Waals surface area (Å²) in [4.78, 5) is 11.6. The fraction of sp³-hybridized carbons (Fsp3) is 0.889. The molecule has 0 saturated heterocycles. The number of aliphatic hydroxyl groups excluding tert-OH is 3. The van der Waals surface area contributed by atoms with Crippen molar-refractivity contribution < 1.29 is 20.1 Å². The summed E-state index contributed by atoms with van der Waals surface area (Å²) in [5, 5.41) is 29.4. The van der Waals surface area contributed by atoms with Crippen LogP contribution in [0.25, 0.3) is 0 Å². The van der Waals surface area contributed by atoms with Crippen LogP contribution in [0.2, 0.25) is 0 Å². The lowest BCUT2D eigenvalue weighted by molar-refractivity contribution is -0.126. The summed E-state index contributed by atoms with van der Waals surface area (Å²) < 4.78 is 0. The Hall–Kier alpha value is -0.340. The third-order valence-electron chi connectivity index (χ3n) is 2.27. The fourth-order valence-electron chi connectivity index (χ4n) is 0.999. The minimum Gasteiger partial charge on any atom is -0.394 e. The van der Waals surface area contributed by atoms with Gasteiger partial charge in [-0.15, -0.1) is 0 Å². The zero-order chi connectivity index (χ0) is 12.6. The van der Waals surface area contributed by atoms with Gasteiger partial charge in [0.15, 0.2) is 0 Å². The number of carbonyl (C=O) groups excluding carboxylic acids is 1. The molecule has 0 aliphatic rings. The molecule has 6 N–H and O–H groups in total. The number of aliphatic hydroxyl groups is 3. The lowest BCUT2D eigenvalue weighted by Crippen LogP contribution is -2.60. The summed E-state index contributed by atoms with van der Waals surface area (Å²) in [6.07, 6.45) is 2.41. The molecule has 1 atom stereocenters. The summed E-state index contributed by atoms with van der Waals surface area (Å²) in [5.41, 5.74) is 4.21. The minimum absolute atomic E-state index is 0.480. The third kappa shape index (κ3) is 4.67. The molecule has 0 fully saturated rings. The first-order valence-corrected chi connectivity index (χ1v) is 6.33. The van der Waals surface area contributed by atoms with Crippen molar-refractivity contribution >= 4 is 17.7 Å². The first-order chi connectivity index (χ1) is 7.55. The number of nitrogens with two attached hydrogens (primary N) is 1. The van der Waals surface area contributed by atoms with Crippen LogP contribution in [0.3, 0.4) is 0 Å². The van der Waals surface area contributed by atoms with Crippen LogP contribution in [0.5, 0.6) is 0 Å². The van der Waals surface area contributed by atoms with Crippen molar-refractivity contribution in [2.75, 3.05) is 31.8 Å². The Labute approximate surface area is 99.2 Å². The van der Waals surface area contributed by atoms with Crippen LogP contribution in [0.1, 0.15) is 6.42 Å². The topological polar surface area (TPSA) is 116 Å². The van der Waals surface area contributed by atoms with E-state index in [2.05, 4.69) is 5.32 Å². The molecule has 96 valence electrons. The van der Waals surface area contributed by atoms with Crippen molar-refractivity contribution in [1.82, 2.24) is 5.32 Å². The smallest absolute Gasteiger partial charge is 0.237 e. The molecule has 0 radical (unpaired) electrons.